The molecule has 1 aromatic rings. The average molecular weight is 296 g/mol. The fourth-order valence-corrected chi connectivity index (χ4v) is 1.45. The highest BCUT2D eigenvalue weighted by molar-refractivity contribution is 5.92. The molecule has 8 heteroatoms. The first-order chi connectivity index (χ1) is 9.73. The van der Waals surface area contributed by atoms with Gasteiger partial charge < -0.3 is 14.7 Å². The largest absolute Gasteiger partial charge is 0.483 e. The van der Waals surface area contributed by atoms with E-state index < -0.39 is 10.9 Å². The quantitative estimate of drug-likeness (QED) is 0.629. The minimum Gasteiger partial charge on any atom is -0.483 e. The molecule has 0 saturated heterocycles. The molecule has 0 aliphatic heterocycles. The van der Waals surface area contributed by atoms with Crippen molar-refractivity contribution in [3.8, 4) is 5.75 Å². The second kappa shape index (κ2) is 6.69. The first-order valence-electron chi connectivity index (χ1n) is 6.14. The predicted octanol–water partition coefficient (Wildman–Crippen LogP) is 1.54. The van der Waals surface area contributed by atoms with Gasteiger partial charge in [0.25, 0.3) is 11.6 Å². The van der Waals surface area contributed by atoms with Gasteiger partial charge in [-0.3, -0.25) is 14.9 Å². The smallest absolute Gasteiger partial charge is 0.339 e. The summed E-state index contributed by atoms with van der Waals surface area (Å²) in [6.07, 6.45) is 0. The molecule has 8 nitrogen and oxygen atoms in total. The van der Waals surface area contributed by atoms with Crippen molar-refractivity contribution in [3.05, 3.63) is 33.9 Å². The number of nitro groups is 1. The lowest BCUT2D eigenvalue weighted by Crippen LogP contribution is -2.36. The number of likely N-dealkylation sites (N-methyl/N-ethyl adjacent to an activating group) is 1. The van der Waals surface area contributed by atoms with Crippen LogP contribution in [-0.4, -0.2) is 46.5 Å². The van der Waals surface area contributed by atoms with Crippen molar-refractivity contribution in [2.24, 2.45) is 0 Å². The van der Waals surface area contributed by atoms with Gasteiger partial charge in [0.2, 0.25) is 0 Å². The topological polar surface area (TPSA) is 110 Å². The maximum atomic E-state index is 11.8. The molecule has 0 heterocycles. The number of amides is 1. The number of benzene rings is 1. The van der Waals surface area contributed by atoms with Gasteiger partial charge in [0, 0.05) is 25.2 Å². The van der Waals surface area contributed by atoms with Gasteiger partial charge in [-0.05, 0) is 19.9 Å². The van der Waals surface area contributed by atoms with Crippen LogP contribution in [0.1, 0.15) is 24.2 Å². The minimum atomic E-state index is -1.36. The lowest BCUT2D eigenvalue weighted by atomic mass is 10.2. The molecule has 0 aliphatic rings. The Morgan fingerprint density at radius 1 is 1.43 bits per heavy atom. The Morgan fingerprint density at radius 2 is 2.05 bits per heavy atom. The fourth-order valence-electron chi connectivity index (χ4n) is 1.45. The van der Waals surface area contributed by atoms with Gasteiger partial charge in [0.05, 0.1) is 4.92 Å². The van der Waals surface area contributed by atoms with Crippen LogP contribution in [0.25, 0.3) is 0 Å². The Bertz CT molecular complexity index is 570. The number of carboxylic acid groups (broad SMARTS) is 1. The van der Waals surface area contributed by atoms with Crippen LogP contribution in [0.5, 0.6) is 5.75 Å². The molecular weight excluding hydrogens is 280 g/mol. The molecule has 0 unspecified atom stereocenters. The SMILES string of the molecule is CC(C)N(C)C(=O)COc1ccc([N+](=O)[O-])cc1C(=O)O. The number of nitro benzene ring substituents is 1. The van der Waals surface area contributed by atoms with Crippen molar-refractivity contribution in [1.82, 2.24) is 4.90 Å². The molecule has 1 aromatic carbocycles. The average Bonchev–Trinajstić information content (AvgIpc) is 2.43. The Kier molecular flexibility index (Phi) is 5.23. The number of hydrogen-bond donors (Lipinski definition) is 1. The van der Waals surface area contributed by atoms with E-state index in [1.165, 1.54) is 11.0 Å². The van der Waals surface area contributed by atoms with Gasteiger partial charge in [-0.2, -0.15) is 0 Å². The number of carbonyl (C=O) groups is 2. The van der Waals surface area contributed by atoms with Crippen LogP contribution in [-0.2, 0) is 4.79 Å². The second-order valence-electron chi connectivity index (χ2n) is 4.63. The molecule has 0 atom stereocenters. The molecule has 1 N–H and O–H groups in total. The van der Waals surface area contributed by atoms with E-state index in [1.807, 2.05) is 13.8 Å². The van der Waals surface area contributed by atoms with Crippen LogP contribution in [0.2, 0.25) is 0 Å². The number of rotatable bonds is 6. The summed E-state index contributed by atoms with van der Waals surface area (Å²) in [7, 11) is 1.60. The van der Waals surface area contributed by atoms with Crippen LogP contribution >= 0.6 is 0 Å². The molecule has 114 valence electrons. The number of hydrogen-bond acceptors (Lipinski definition) is 5. The summed E-state index contributed by atoms with van der Waals surface area (Å²) >= 11 is 0. The zero-order valence-electron chi connectivity index (χ0n) is 11.9. The highest BCUT2D eigenvalue weighted by Crippen LogP contribution is 2.24. The number of carbonyl (C=O) groups excluding carboxylic acids is 1. The highest BCUT2D eigenvalue weighted by atomic mass is 16.6. The second-order valence-corrected chi connectivity index (χ2v) is 4.63. The van der Waals surface area contributed by atoms with Gasteiger partial charge in [-0.25, -0.2) is 4.79 Å². The van der Waals surface area contributed by atoms with E-state index in [4.69, 9.17) is 9.84 Å². The van der Waals surface area contributed by atoms with Crippen molar-refractivity contribution in [2.45, 2.75) is 19.9 Å². The molecular formula is C13H16N2O6. The maximum absolute atomic E-state index is 11.8. The molecule has 21 heavy (non-hydrogen) atoms. The third kappa shape index (κ3) is 4.16. The van der Waals surface area contributed by atoms with Crippen molar-refractivity contribution in [3.63, 3.8) is 0 Å². The summed E-state index contributed by atoms with van der Waals surface area (Å²) < 4.78 is 5.17. The van der Waals surface area contributed by atoms with Crippen LogP contribution in [0.15, 0.2) is 18.2 Å². The summed E-state index contributed by atoms with van der Waals surface area (Å²) in [5, 5.41) is 19.7. The summed E-state index contributed by atoms with van der Waals surface area (Å²) in [4.78, 5) is 34.2. The van der Waals surface area contributed by atoms with Crippen molar-refractivity contribution >= 4 is 17.6 Å². The highest BCUT2D eigenvalue weighted by Gasteiger charge is 2.19. The van der Waals surface area contributed by atoms with Crippen molar-refractivity contribution < 1.29 is 24.4 Å². The van der Waals surface area contributed by atoms with Gasteiger partial charge in [-0.15, -0.1) is 0 Å². The monoisotopic (exact) mass is 296 g/mol. The van der Waals surface area contributed by atoms with E-state index in [0.29, 0.717) is 0 Å². The van der Waals surface area contributed by atoms with E-state index in [1.54, 1.807) is 7.05 Å². The lowest BCUT2D eigenvalue weighted by Gasteiger charge is -2.21. The van der Waals surface area contributed by atoms with Gasteiger partial charge in [-0.1, -0.05) is 0 Å². The van der Waals surface area contributed by atoms with Gasteiger partial charge in [0.1, 0.15) is 11.3 Å². The van der Waals surface area contributed by atoms with Crippen LogP contribution < -0.4 is 4.74 Å². The molecule has 1 rings (SSSR count). The standard InChI is InChI=1S/C13H16N2O6/c1-8(2)14(3)12(16)7-21-11-5-4-9(15(19)20)6-10(11)13(17)18/h4-6,8H,7H2,1-3H3,(H,17,18). The molecule has 0 fully saturated rings. The third-order valence-corrected chi connectivity index (χ3v) is 2.92. The van der Waals surface area contributed by atoms with Crippen molar-refractivity contribution in [2.75, 3.05) is 13.7 Å². The first kappa shape index (κ1) is 16.4. The number of carboxylic acids is 1. The molecule has 0 bridgehead atoms. The summed E-state index contributed by atoms with van der Waals surface area (Å²) in [6.45, 7) is 3.31. The number of nitrogens with zero attached hydrogens (tertiary/aromatic N) is 2. The number of ether oxygens (including phenoxy) is 1. The first-order valence-corrected chi connectivity index (χ1v) is 6.14. The van der Waals surface area contributed by atoms with E-state index in [-0.39, 0.29) is 35.6 Å². The van der Waals surface area contributed by atoms with E-state index in [2.05, 4.69) is 0 Å². The Balaban J connectivity index is 2.91. The number of non-ortho nitro benzene ring substituents is 1. The molecule has 1 amide bonds. The van der Waals surface area contributed by atoms with Gasteiger partial charge >= 0.3 is 5.97 Å². The van der Waals surface area contributed by atoms with E-state index in [9.17, 15) is 19.7 Å². The minimum absolute atomic E-state index is 0.0168. The summed E-state index contributed by atoms with van der Waals surface area (Å²) in [5.41, 5.74) is -0.713. The Morgan fingerprint density at radius 3 is 2.52 bits per heavy atom. The molecule has 0 spiro atoms. The normalized spacial score (nSPS) is 10.3. The van der Waals surface area contributed by atoms with Gasteiger partial charge in [0.15, 0.2) is 6.61 Å². The molecule has 0 radical (unpaired) electrons. The summed E-state index contributed by atoms with van der Waals surface area (Å²) in [5.74, 6) is -1.77. The summed E-state index contributed by atoms with van der Waals surface area (Å²) in [6, 6.07) is 3.17. The van der Waals surface area contributed by atoms with Crippen LogP contribution in [0.3, 0.4) is 0 Å². The zero-order chi connectivity index (χ0) is 16.2. The maximum Gasteiger partial charge on any atom is 0.339 e. The van der Waals surface area contributed by atoms with Crippen LogP contribution in [0.4, 0.5) is 5.69 Å². The Labute approximate surface area is 121 Å². The molecule has 0 aliphatic carbocycles. The van der Waals surface area contributed by atoms with Crippen molar-refractivity contribution in [1.29, 1.82) is 0 Å². The fraction of sp³-hybridized carbons (Fsp3) is 0.385. The number of aromatic carboxylic acids is 1. The molecule has 0 saturated carbocycles. The zero-order valence-corrected chi connectivity index (χ0v) is 11.9. The third-order valence-electron chi connectivity index (χ3n) is 2.92. The lowest BCUT2D eigenvalue weighted by molar-refractivity contribution is -0.384. The predicted molar refractivity (Wildman–Crippen MR) is 73.5 cm³/mol. The Hall–Kier alpha value is -2.64. The van der Waals surface area contributed by atoms with Crippen LogP contribution in [0, 0.1) is 10.1 Å². The van der Waals surface area contributed by atoms with E-state index in [0.717, 1.165) is 12.1 Å². The molecule has 0 aromatic heterocycles. The van der Waals surface area contributed by atoms with E-state index >= 15 is 0 Å².